The smallest absolute Gasteiger partial charge is 0.312 e. The summed E-state index contributed by atoms with van der Waals surface area (Å²) in [5.74, 6) is -1.10. The number of ether oxygens (including phenoxy) is 4. The molecule has 1 spiro atoms. The molecule has 1 saturated carbocycles. The molecule has 144 valence electrons. The molecule has 7 heteroatoms. The maximum Gasteiger partial charge on any atom is 0.312 e. The molecule has 7 atom stereocenters. The number of carbonyl (C=O) groups is 1. The van der Waals surface area contributed by atoms with Crippen LogP contribution in [-0.4, -0.2) is 36.9 Å². The van der Waals surface area contributed by atoms with Gasteiger partial charge in [-0.25, -0.2) is 0 Å². The molecule has 5 nitrogen and oxygen atoms in total. The van der Waals surface area contributed by atoms with Gasteiger partial charge in [0, 0.05) is 35.7 Å². The third-order valence-corrected chi connectivity index (χ3v) is 9.58. The molecule has 3 bridgehead atoms. The van der Waals surface area contributed by atoms with Crippen LogP contribution in [0.25, 0.3) is 0 Å². The van der Waals surface area contributed by atoms with Gasteiger partial charge in [-0.05, 0) is 31.4 Å². The van der Waals surface area contributed by atoms with Crippen LogP contribution in [0.3, 0.4) is 0 Å². The Morgan fingerprint density at radius 3 is 2.67 bits per heavy atom. The number of methoxy groups -OCH3 is 2. The molecule has 27 heavy (non-hydrogen) atoms. The van der Waals surface area contributed by atoms with E-state index in [0.717, 1.165) is 21.2 Å². The van der Waals surface area contributed by atoms with Crippen molar-refractivity contribution in [2.45, 2.75) is 54.1 Å². The monoisotopic (exact) mass is 498 g/mol. The molecule has 0 radical (unpaired) electrons. The highest BCUT2D eigenvalue weighted by Gasteiger charge is 2.78. The number of carbonyl (C=O) groups excluding carboxylic acids is 1. The quantitative estimate of drug-likeness (QED) is 0.267. The van der Waals surface area contributed by atoms with Gasteiger partial charge in [0.25, 0.3) is 0 Å². The Bertz CT molecular complexity index is 899. The van der Waals surface area contributed by atoms with Crippen molar-refractivity contribution in [1.82, 2.24) is 0 Å². The lowest BCUT2D eigenvalue weighted by molar-refractivity contribution is -0.337. The van der Waals surface area contributed by atoms with Crippen LogP contribution in [0, 0.1) is 11.3 Å². The molecule has 5 aliphatic rings. The Morgan fingerprint density at radius 2 is 1.96 bits per heavy atom. The Kier molecular flexibility index (Phi) is 3.21. The molecule has 2 aliphatic heterocycles. The summed E-state index contributed by atoms with van der Waals surface area (Å²) in [6.45, 7) is 2.02. The van der Waals surface area contributed by atoms with Gasteiger partial charge in [0.15, 0.2) is 11.4 Å². The van der Waals surface area contributed by atoms with E-state index >= 15 is 0 Å². The minimum atomic E-state index is -0.856. The molecular formula is C20H20Br2O5. The summed E-state index contributed by atoms with van der Waals surface area (Å²) in [5, 5.41) is 0. The van der Waals surface area contributed by atoms with Crippen molar-refractivity contribution >= 4 is 37.8 Å². The number of esters is 1. The van der Waals surface area contributed by atoms with Gasteiger partial charge in [0.2, 0.25) is 0 Å². The molecule has 2 saturated heterocycles. The molecule has 0 amide bonds. The number of benzene rings is 1. The molecule has 1 aromatic carbocycles. The van der Waals surface area contributed by atoms with E-state index in [0.29, 0.717) is 12.8 Å². The number of alkyl halides is 1. The van der Waals surface area contributed by atoms with E-state index in [-0.39, 0.29) is 34.8 Å². The summed E-state index contributed by atoms with van der Waals surface area (Å²) >= 11 is 7.60. The van der Waals surface area contributed by atoms with Crippen LogP contribution in [0.15, 0.2) is 16.6 Å². The first-order valence-electron chi connectivity index (χ1n) is 9.30. The lowest BCUT2D eigenvalue weighted by atomic mass is 9.48. The van der Waals surface area contributed by atoms with Crippen LogP contribution in [0.4, 0.5) is 0 Å². The zero-order chi connectivity index (χ0) is 18.9. The number of rotatable bonds is 2. The van der Waals surface area contributed by atoms with E-state index in [1.165, 1.54) is 0 Å². The molecule has 2 heterocycles. The summed E-state index contributed by atoms with van der Waals surface area (Å²) in [7, 11) is 3.41. The van der Waals surface area contributed by atoms with Crippen molar-refractivity contribution < 1.29 is 23.7 Å². The molecule has 3 aliphatic carbocycles. The second-order valence-corrected chi connectivity index (χ2v) is 10.6. The van der Waals surface area contributed by atoms with Crippen molar-refractivity contribution in [3.05, 3.63) is 33.3 Å². The fourth-order valence-corrected chi connectivity index (χ4v) is 8.10. The van der Waals surface area contributed by atoms with E-state index in [1.807, 2.05) is 6.92 Å². The van der Waals surface area contributed by atoms with Gasteiger partial charge < -0.3 is 18.9 Å². The van der Waals surface area contributed by atoms with Crippen LogP contribution in [-0.2, 0) is 29.3 Å². The largest absolute Gasteiger partial charge is 0.452 e. The Balaban J connectivity index is 1.76. The van der Waals surface area contributed by atoms with Gasteiger partial charge in [-0.15, -0.1) is 0 Å². The predicted octanol–water partition coefficient (Wildman–Crippen LogP) is 3.92. The standard InChI is InChI=1S/C20H20Br2O5/c1-18-6-9-8-4-5-10(21)12-13(8)19(27-17(18)23,16(22)15-14(12)26-15)11(7-18)20(9,24-2)25-3/h4-5,9,11,14-16H,6-7H2,1-3H3/t9-,11+,14+,15+,16+,18-,19-/m0/s1. The van der Waals surface area contributed by atoms with Gasteiger partial charge in [0.1, 0.15) is 12.2 Å². The summed E-state index contributed by atoms with van der Waals surface area (Å²) in [5.41, 5.74) is 2.01. The fraction of sp³-hybridized carbons (Fsp3) is 0.650. The molecule has 6 rings (SSSR count). The van der Waals surface area contributed by atoms with E-state index in [1.54, 1.807) is 14.2 Å². The average molecular weight is 500 g/mol. The topological polar surface area (TPSA) is 57.3 Å². The van der Waals surface area contributed by atoms with Gasteiger partial charge >= 0.3 is 5.97 Å². The van der Waals surface area contributed by atoms with Crippen LogP contribution in [0.1, 0.15) is 48.5 Å². The van der Waals surface area contributed by atoms with Gasteiger partial charge in [0.05, 0.1) is 16.2 Å². The summed E-state index contributed by atoms with van der Waals surface area (Å²) in [4.78, 5) is 13.0. The number of fused-ring (bicyclic) bond motifs is 5. The van der Waals surface area contributed by atoms with Crippen molar-refractivity contribution in [2.24, 2.45) is 11.3 Å². The Morgan fingerprint density at radius 1 is 1.22 bits per heavy atom. The summed E-state index contributed by atoms with van der Waals surface area (Å²) in [6.07, 6.45) is 1.34. The molecule has 1 aromatic rings. The maximum atomic E-state index is 13.2. The lowest BCUT2D eigenvalue weighted by Gasteiger charge is -2.66. The second kappa shape index (κ2) is 4.98. The van der Waals surface area contributed by atoms with Crippen LogP contribution in [0.5, 0.6) is 0 Å². The average Bonchev–Trinajstić information content (AvgIpc) is 3.43. The molecule has 0 aromatic heterocycles. The van der Waals surface area contributed by atoms with E-state index in [2.05, 4.69) is 44.0 Å². The number of halogens is 2. The van der Waals surface area contributed by atoms with Crippen molar-refractivity contribution in [3.8, 4) is 0 Å². The number of hydrogen-bond acceptors (Lipinski definition) is 5. The van der Waals surface area contributed by atoms with Crippen LogP contribution >= 0.6 is 31.9 Å². The maximum absolute atomic E-state index is 13.2. The lowest BCUT2D eigenvalue weighted by Crippen LogP contribution is -2.72. The SMILES string of the molecule is COC1(OC)[C@H]2C[C@@]3(C)C[C@@H]1[C@]1(OC3=O)c3c2ccc(Br)c3[C@H]2O[C@H]2[C@H]1Br. The number of hydrogen-bond donors (Lipinski definition) is 0. The fourth-order valence-electron chi connectivity index (χ4n) is 6.51. The molecule has 0 unspecified atom stereocenters. The molecular weight excluding hydrogens is 480 g/mol. The van der Waals surface area contributed by atoms with Crippen molar-refractivity contribution in [2.75, 3.05) is 14.2 Å². The van der Waals surface area contributed by atoms with E-state index in [9.17, 15) is 4.79 Å². The summed E-state index contributed by atoms with van der Waals surface area (Å²) < 4.78 is 25.7. The zero-order valence-corrected chi connectivity index (χ0v) is 18.4. The zero-order valence-electron chi connectivity index (χ0n) is 15.3. The highest BCUT2D eigenvalue weighted by molar-refractivity contribution is 9.10. The molecule has 3 fully saturated rings. The van der Waals surface area contributed by atoms with Crippen molar-refractivity contribution in [1.29, 1.82) is 0 Å². The first kappa shape index (κ1) is 17.4. The first-order chi connectivity index (χ1) is 12.8. The third-order valence-electron chi connectivity index (χ3n) is 7.69. The Labute approximate surface area is 174 Å². The number of epoxide rings is 1. The summed E-state index contributed by atoms with van der Waals surface area (Å²) in [6, 6.07) is 4.22. The van der Waals surface area contributed by atoms with Gasteiger partial charge in [-0.2, -0.15) is 0 Å². The van der Waals surface area contributed by atoms with Gasteiger partial charge in [-0.3, -0.25) is 4.79 Å². The second-order valence-electron chi connectivity index (χ2n) is 8.73. The predicted molar refractivity (Wildman–Crippen MR) is 103 cm³/mol. The van der Waals surface area contributed by atoms with Gasteiger partial charge in [-0.1, -0.05) is 37.9 Å². The first-order valence-corrected chi connectivity index (χ1v) is 11.0. The van der Waals surface area contributed by atoms with E-state index in [4.69, 9.17) is 18.9 Å². The van der Waals surface area contributed by atoms with Crippen LogP contribution in [0.2, 0.25) is 0 Å². The van der Waals surface area contributed by atoms with E-state index < -0.39 is 16.8 Å². The normalized spacial score (nSPS) is 47.1. The third kappa shape index (κ3) is 1.69. The molecule has 0 N–H and O–H groups in total. The highest BCUT2D eigenvalue weighted by atomic mass is 79.9. The Hall–Kier alpha value is -0.470. The minimum absolute atomic E-state index is 0.0221. The van der Waals surface area contributed by atoms with Crippen LogP contribution < -0.4 is 0 Å². The minimum Gasteiger partial charge on any atom is -0.452 e. The highest BCUT2D eigenvalue weighted by Crippen LogP contribution is 2.73. The van der Waals surface area contributed by atoms with Crippen molar-refractivity contribution in [3.63, 3.8) is 0 Å².